The van der Waals surface area contributed by atoms with E-state index in [1.54, 1.807) is 12.1 Å². The van der Waals surface area contributed by atoms with E-state index in [0.717, 1.165) is 19.4 Å². The zero-order valence-electron chi connectivity index (χ0n) is 18.6. The Morgan fingerprint density at radius 1 is 0.912 bits per heavy atom. The van der Waals surface area contributed by atoms with Crippen LogP contribution in [0.3, 0.4) is 0 Å². The molecule has 0 radical (unpaired) electrons. The zero-order valence-corrected chi connectivity index (χ0v) is 19.4. The second-order valence-electron chi connectivity index (χ2n) is 6.53. The maximum atomic E-state index is 12.5. The Labute approximate surface area is 194 Å². The summed E-state index contributed by atoms with van der Waals surface area (Å²) in [4.78, 5) is 11.1. The molecule has 2 aromatic rings. The fourth-order valence-corrected chi connectivity index (χ4v) is 3.70. The molecule has 0 aromatic heterocycles. The van der Waals surface area contributed by atoms with E-state index < -0.39 is 33.7 Å². The minimum Gasteiger partial charge on any atom is -0.496 e. The van der Waals surface area contributed by atoms with Gasteiger partial charge in [-0.05, 0) is 23.8 Å². The van der Waals surface area contributed by atoms with Crippen molar-refractivity contribution in [2.45, 2.75) is 11.9 Å². The average Bonchev–Trinajstić information content (AvgIpc) is 2.78. The topological polar surface area (TPSA) is 109 Å². The van der Waals surface area contributed by atoms with E-state index in [4.69, 9.17) is 18.9 Å². The highest BCUT2D eigenvalue weighted by Gasteiger charge is 2.41. The number of halogens is 3. The van der Waals surface area contributed by atoms with E-state index in [-0.39, 0.29) is 11.3 Å². The van der Waals surface area contributed by atoms with E-state index in [9.17, 15) is 26.4 Å². The number of esters is 1. The van der Waals surface area contributed by atoms with Gasteiger partial charge in [0.25, 0.3) is 0 Å². The number of sulfonamides is 1. The van der Waals surface area contributed by atoms with Crippen molar-refractivity contribution in [2.75, 3.05) is 28.4 Å². The predicted octanol–water partition coefficient (Wildman–Crippen LogP) is 3.28. The summed E-state index contributed by atoms with van der Waals surface area (Å²) in [6.07, 6.45) is -2.70. The number of rotatable bonds is 10. The van der Waals surface area contributed by atoms with Crippen LogP contribution in [-0.4, -0.2) is 49.0 Å². The second kappa shape index (κ2) is 11.0. The fraction of sp³-hybridized carbons (Fsp3) is 0.286. The normalized spacial score (nSPS) is 11.7. The first kappa shape index (κ1) is 26.6. The number of alkyl halides is 3. The number of hydrogen-bond donors (Lipinski definition) is 1. The van der Waals surface area contributed by atoms with Crippen LogP contribution in [0.2, 0.25) is 0 Å². The zero-order chi connectivity index (χ0) is 25.5. The molecule has 13 heteroatoms. The van der Waals surface area contributed by atoms with Gasteiger partial charge in [-0.2, -0.15) is 13.2 Å². The van der Waals surface area contributed by atoms with E-state index >= 15 is 0 Å². The molecule has 0 bridgehead atoms. The molecule has 0 spiro atoms. The molecule has 0 unspecified atom stereocenters. The summed E-state index contributed by atoms with van der Waals surface area (Å²) in [7, 11) is 1.46. The number of ether oxygens (including phenoxy) is 5. The number of carbonyl (C=O) groups excluding carboxylic acids is 1. The minimum absolute atomic E-state index is 0.0475. The number of methoxy groups -OCH3 is 4. The van der Waals surface area contributed by atoms with Crippen molar-refractivity contribution < 1.29 is 50.1 Å². The number of carbonyl (C=O) groups is 1. The van der Waals surface area contributed by atoms with Crippen molar-refractivity contribution in [1.82, 2.24) is 4.72 Å². The van der Waals surface area contributed by atoms with Crippen molar-refractivity contribution in [3.05, 3.63) is 47.7 Å². The molecule has 34 heavy (non-hydrogen) atoms. The van der Waals surface area contributed by atoms with Gasteiger partial charge in [0.1, 0.15) is 17.2 Å². The van der Waals surface area contributed by atoms with Crippen LogP contribution < -0.4 is 28.4 Å². The van der Waals surface area contributed by atoms with E-state index in [0.29, 0.717) is 22.8 Å². The molecular weight excluding hydrogens is 483 g/mol. The quantitative estimate of drug-likeness (QED) is 0.387. The summed E-state index contributed by atoms with van der Waals surface area (Å²) in [5, 5.41) is 0. The molecule has 0 aliphatic carbocycles. The van der Waals surface area contributed by atoms with Gasteiger partial charge in [-0.1, -0.05) is 6.07 Å². The molecule has 0 heterocycles. The molecule has 0 aliphatic rings. The summed E-state index contributed by atoms with van der Waals surface area (Å²) < 4.78 is 89.6. The first-order valence-corrected chi connectivity index (χ1v) is 11.0. The Morgan fingerprint density at radius 3 is 2.00 bits per heavy atom. The smallest absolute Gasteiger partial charge is 0.491 e. The van der Waals surface area contributed by atoms with Crippen LogP contribution in [0.5, 0.6) is 28.7 Å². The number of hydrogen-bond acceptors (Lipinski definition) is 8. The summed E-state index contributed by atoms with van der Waals surface area (Å²) in [6.45, 7) is 0. The van der Waals surface area contributed by atoms with Gasteiger partial charge in [-0.15, -0.1) is 0 Å². The Morgan fingerprint density at radius 2 is 1.50 bits per heavy atom. The maximum absolute atomic E-state index is 12.5. The van der Waals surface area contributed by atoms with Gasteiger partial charge in [0, 0.05) is 18.3 Å². The van der Waals surface area contributed by atoms with Gasteiger partial charge in [0.15, 0.2) is 11.5 Å². The van der Waals surface area contributed by atoms with Crippen LogP contribution in [-0.2, 0) is 20.6 Å². The van der Waals surface area contributed by atoms with Crippen LogP contribution in [0.25, 0.3) is 6.08 Å². The maximum Gasteiger partial charge on any atom is 0.491 e. The van der Waals surface area contributed by atoms with Crippen LogP contribution in [0.4, 0.5) is 13.2 Å². The largest absolute Gasteiger partial charge is 0.496 e. The third-order valence-electron chi connectivity index (χ3n) is 4.27. The summed E-state index contributed by atoms with van der Waals surface area (Å²) in [6, 6.07) is 6.63. The molecule has 0 saturated carbocycles. The molecule has 186 valence electrons. The average molecular weight is 505 g/mol. The van der Waals surface area contributed by atoms with Crippen molar-refractivity contribution in [1.29, 1.82) is 0 Å². The van der Waals surface area contributed by atoms with Gasteiger partial charge >= 0.3 is 12.1 Å². The lowest BCUT2D eigenvalue weighted by Crippen LogP contribution is -2.28. The second-order valence-corrected chi connectivity index (χ2v) is 8.28. The highest BCUT2D eigenvalue weighted by Crippen LogP contribution is 2.35. The van der Waals surface area contributed by atoms with Crippen molar-refractivity contribution in [2.24, 2.45) is 0 Å². The molecule has 0 fully saturated rings. The molecule has 2 rings (SSSR count). The molecule has 0 atom stereocenters. The summed E-state index contributed by atoms with van der Waals surface area (Å²) >= 11 is 0. The minimum atomic E-state index is -5.23. The predicted molar refractivity (Wildman–Crippen MR) is 116 cm³/mol. The monoisotopic (exact) mass is 505 g/mol. The Hall–Kier alpha value is -3.61. The summed E-state index contributed by atoms with van der Waals surface area (Å²) in [5.41, 5.74) is 0.477. The van der Waals surface area contributed by atoms with Gasteiger partial charge in [0.05, 0.1) is 39.8 Å². The van der Waals surface area contributed by atoms with Crippen molar-refractivity contribution in [3.63, 3.8) is 0 Å². The summed E-state index contributed by atoms with van der Waals surface area (Å²) in [5.74, 6) is -2.65. The lowest BCUT2D eigenvalue weighted by Gasteiger charge is -2.13. The van der Waals surface area contributed by atoms with Crippen LogP contribution in [0, 0.1) is 0 Å². The van der Waals surface area contributed by atoms with Gasteiger partial charge in [-0.3, -0.25) is 4.72 Å². The molecule has 0 amide bonds. The third kappa shape index (κ3) is 6.94. The van der Waals surface area contributed by atoms with E-state index in [1.165, 1.54) is 39.5 Å². The number of benzene rings is 2. The lowest BCUT2D eigenvalue weighted by atomic mass is 10.1. The first-order valence-electron chi connectivity index (χ1n) is 9.36. The molecule has 1 N–H and O–H groups in total. The Bertz CT molecular complexity index is 1140. The van der Waals surface area contributed by atoms with E-state index in [1.807, 2.05) is 0 Å². The molecule has 0 aliphatic heterocycles. The van der Waals surface area contributed by atoms with Gasteiger partial charge < -0.3 is 23.7 Å². The first-order chi connectivity index (χ1) is 15.9. The lowest BCUT2D eigenvalue weighted by molar-refractivity contribution is -0.189. The van der Waals surface area contributed by atoms with Gasteiger partial charge in [0.2, 0.25) is 10.0 Å². The number of nitrogens with one attached hydrogen (secondary N) is 1. The molecule has 2 aromatic carbocycles. The van der Waals surface area contributed by atoms with Crippen LogP contribution >= 0.6 is 0 Å². The Kier molecular flexibility index (Phi) is 8.62. The third-order valence-corrected chi connectivity index (χ3v) is 5.48. The van der Waals surface area contributed by atoms with Gasteiger partial charge in [-0.25, -0.2) is 13.2 Å². The standard InChI is InChI=1S/C21H22F3NO8S/c1-29-14-10-17(31-3)15(18(11-14)32-4)7-8-25-34(27,28)12-13-5-6-16(30-2)19(9-13)33-20(26)21(22,23)24/h5-11,25H,12H2,1-4H3/b8-7+. The Balaban J connectivity index is 2.22. The molecule has 0 saturated heterocycles. The van der Waals surface area contributed by atoms with Crippen LogP contribution in [0.15, 0.2) is 36.5 Å². The SMILES string of the molecule is COc1cc(OC)c(/C=C/NS(=O)(=O)Cc2ccc(OC)c(OC(=O)C(F)(F)F)c2)c(OC)c1. The van der Waals surface area contributed by atoms with Crippen molar-refractivity contribution >= 4 is 22.1 Å². The molecular formula is C21H22F3NO8S. The fourth-order valence-electron chi connectivity index (χ4n) is 2.73. The van der Waals surface area contributed by atoms with Crippen molar-refractivity contribution in [3.8, 4) is 28.7 Å². The van der Waals surface area contributed by atoms with Crippen LogP contribution in [0.1, 0.15) is 11.1 Å². The highest BCUT2D eigenvalue weighted by atomic mass is 32.2. The highest BCUT2D eigenvalue weighted by molar-refractivity contribution is 7.88. The van der Waals surface area contributed by atoms with E-state index in [2.05, 4.69) is 9.46 Å². The molecule has 9 nitrogen and oxygen atoms in total.